The summed E-state index contributed by atoms with van der Waals surface area (Å²) in [5.41, 5.74) is 6.27. The number of amides is 1. The minimum Gasteiger partial charge on any atom is -0.494 e. The molecule has 1 heterocycles. The molecule has 1 aliphatic heterocycles. The highest BCUT2D eigenvalue weighted by atomic mass is 79.9. The summed E-state index contributed by atoms with van der Waals surface area (Å²) in [7, 11) is 0. The maximum atomic E-state index is 14.0. The smallest absolute Gasteiger partial charge is 0.266 e. The molecular weight excluding hydrogens is 566 g/mol. The maximum Gasteiger partial charge on any atom is 0.266 e. The van der Waals surface area contributed by atoms with Crippen molar-refractivity contribution >= 4 is 27.7 Å². The number of rotatable bonds is 13. The van der Waals surface area contributed by atoms with Crippen molar-refractivity contribution in [3.63, 3.8) is 0 Å². The van der Waals surface area contributed by atoms with Gasteiger partial charge in [0.15, 0.2) is 11.6 Å². The highest BCUT2D eigenvalue weighted by molar-refractivity contribution is 9.10. The number of carbonyl (C=O) groups excluding carboxylic acids is 1. The summed E-state index contributed by atoms with van der Waals surface area (Å²) in [6.07, 6.45) is -0.00760. The number of halogens is 1. The van der Waals surface area contributed by atoms with Crippen molar-refractivity contribution in [1.82, 2.24) is 10.9 Å². The minimum absolute atomic E-state index is 0.0535. The lowest BCUT2D eigenvalue weighted by Gasteiger charge is -2.31. The van der Waals surface area contributed by atoms with Gasteiger partial charge in [0.05, 0.1) is 25.9 Å². The molecule has 206 valence electrons. The van der Waals surface area contributed by atoms with E-state index in [0.717, 1.165) is 15.6 Å². The molecule has 0 aromatic heterocycles. The average Bonchev–Trinajstić information content (AvgIpc) is 3.35. The predicted molar refractivity (Wildman–Crippen MR) is 150 cm³/mol. The van der Waals surface area contributed by atoms with E-state index in [0.29, 0.717) is 30.2 Å². The van der Waals surface area contributed by atoms with E-state index >= 15 is 0 Å². The molecule has 0 unspecified atom stereocenters. The van der Waals surface area contributed by atoms with Crippen LogP contribution in [0.3, 0.4) is 0 Å². The van der Waals surface area contributed by atoms with E-state index in [-0.39, 0.29) is 26.2 Å². The lowest BCUT2D eigenvalue weighted by Crippen LogP contribution is -2.57. The standard InChI is InChI=1S/C29H32BrN3O6/c30-23-11-7-21(8-12-23)26-29(17-20-5-2-1-3-6-20,28(37)33-32-24(18-35)19-36)31-27(39-26)22-9-13-25(14-10-22)38-16-4-15-34/h1-3,5-14,24,26,32,34-36H,4,15-19H2,(H,33,37)/t26-,29-/m0/s1. The molecule has 3 aromatic carbocycles. The van der Waals surface area contributed by atoms with Crippen LogP contribution in [0, 0.1) is 0 Å². The molecule has 0 spiro atoms. The van der Waals surface area contributed by atoms with Crippen LogP contribution in [0.5, 0.6) is 5.75 Å². The molecule has 5 N–H and O–H groups in total. The largest absolute Gasteiger partial charge is 0.494 e. The van der Waals surface area contributed by atoms with Gasteiger partial charge in [0, 0.05) is 29.5 Å². The summed E-state index contributed by atoms with van der Waals surface area (Å²) in [6, 6.07) is 23.6. The average molecular weight is 598 g/mol. The van der Waals surface area contributed by atoms with Crippen LogP contribution in [0.15, 0.2) is 88.3 Å². The van der Waals surface area contributed by atoms with E-state index in [9.17, 15) is 15.0 Å². The zero-order chi connectivity index (χ0) is 27.7. The Labute approximate surface area is 235 Å². The Morgan fingerprint density at radius 2 is 1.69 bits per heavy atom. The number of nitrogens with zero attached hydrogens (tertiary/aromatic N) is 1. The van der Waals surface area contributed by atoms with E-state index < -0.39 is 23.6 Å². The maximum absolute atomic E-state index is 14.0. The van der Waals surface area contributed by atoms with Crippen molar-refractivity contribution in [3.05, 3.63) is 100 Å². The van der Waals surface area contributed by atoms with Gasteiger partial charge in [-0.3, -0.25) is 10.2 Å². The number of hydrogen-bond donors (Lipinski definition) is 5. The Kier molecular flexibility index (Phi) is 10.1. The van der Waals surface area contributed by atoms with Crippen LogP contribution in [-0.4, -0.2) is 65.1 Å². The quantitative estimate of drug-likeness (QED) is 0.151. The highest BCUT2D eigenvalue weighted by Gasteiger charge is 2.53. The second-order valence-corrected chi connectivity index (χ2v) is 10.1. The molecule has 2 atom stereocenters. The second-order valence-electron chi connectivity index (χ2n) is 9.16. The van der Waals surface area contributed by atoms with Gasteiger partial charge in [-0.2, -0.15) is 0 Å². The summed E-state index contributed by atoms with van der Waals surface area (Å²) in [6.45, 7) is -0.278. The third-order valence-electron chi connectivity index (χ3n) is 6.35. The number of carbonyl (C=O) groups is 1. The first-order valence-electron chi connectivity index (χ1n) is 12.7. The first-order valence-corrected chi connectivity index (χ1v) is 13.5. The number of benzene rings is 3. The Hall–Kier alpha value is -3.28. The normalized spacial score (nSPS) is 18.5. The van der Waals surface area contributed by atoms with Crippen molar-refractivity contribution in [2.24, 2.45) is 4.99 Å². The molecule has 9 nitrogen and oxygen atoms in total. The summed E-state index contributed by atoms with van der Waals surface area (Å²) in [4.78, 5) is 18.9. The van der Waals surface area contributed by atoms with E-state index in [1.807, 2.05) is 66.7 Å². The Morgan fingerprint density at radius 1 is 1.00 bits per heavy atom. The molecule has 0 fully saturated rings. The van der Waals surface area contributed by atoms with E-state index in [1.165, 1.54) is 0 Å². The molecule has 3 aromatic rings. The molecule has 0 saturated heterocycles. The molecule has 0 radical (unpaired) electrons. The van der Waals surface area contributed by atoms with Crippen molar-refractivity contribution in [2.75, 3.05) is 26.4 Å². The van der Waals surface area contributed by atoms with Crippen molar-refractivity contribution < 1.29 is 29.6 Å². The van der Waals surface area contributed by atoms with Gasteiger partial charge in [0.2, 0.25) is 5.90 Å². The fourth-order valence-corrected chi connectivity index (χ4v) is 4.52. The fourth-order valence-electron chi connectivity index (χ4n) is 4.25. The minimum atomic E-state index is -1.41. The van der Waals surface area contributed by atoms with Crippen LogP contribution in [0.25, 0.3) is 0 Å². The van der Waals surface area contributed by atoms with Gasteiger partial charge < -0.3 is 24.8 Å². The van der Waals surface area contributed by atoms with Crippen LogP contribution in [0.4, 0.5) is 0 Å². The first-order chi connectivity index (χ1) is 19.0. The van der Waals surface area contributed by atoms with Crippen molar-refractivity contribution in [2.45, 2.75) is 30.5 Å². The SMILES string of the molecule is O=C(NNC(CO)CO)[C@@]1(Cc2ccccc2)N=C(c2ccc(OCCCO)cc2)O[C@H]1c1ccc(Br)cc1. The van der Waals surface area contributed by atoms with Crippen LogP contribution in [0.2, 0.25) is 0 Å². The first kappa shape index (κ1) is 28.7. The van der Waals surface area contributed by atoms with Gasteiger partial charge >= 0.3 is 0 Å². The molecule has 10 heteroatoms. The van der Waals surface area contributed by atoms with Gasteiger partial charge in [0.1, 0.15) is 5.75 Å². The molecule has 4 rings (SSSR count). The predicted octanol–water partition coefficient (Wildman–Crippen LogP) is 2.68. The van der Waals surface area contributed by atoms with Gasteiger partial charge in [-0.15, -0.1) is 0 Å². The molecule has 39 heavy (non-hydrogen) atoms. The number of aliphatic hydroxyl groups excluding tert-OH is 3. The molecule has 0 aliphatic carbocycles. The Bertz CT molecular complexity index is 1240. The van der Waals surface area contributed by atoms with Crippen molar-refractivity contribution in [1.29, 1.82) is 0 Å². The second kappa shape index (κ2) is 13.7. The lowest BCUT2D eigenvalue weighted by atomic mass is 9.82. The molecular formula is C29H32BrN3O6. The number of aliphatic hydroxyl groups is 3. The summed E-state index contributed by atoms with van der Waals surface area (Å²) in [5, 5.41) is 28.0. The van der Waals surface area contributed by atoms with E-state index in [4.69, 9.17) is 19.6 Å². The fraction of sp³-hybridized carbons (Fsp3) is 0.310. The highest BCUT2D eigenvalue weighted by Crippen LogP contribution is 2.42. The molecule has 1 aliphatic rings. The van der Waals surface area contributed by atoms with Crippen molar-refractivity contribution in [3.8, 4) is 5.75 Å². The Balaban J connectivity index is 1.74. The van der Waals surface area contributed by atoms with Gasteiger partial charge in [-0.25, -0.2) is 10.4 Å². The van der Waals surface area contributed by atoms with Gasteiger partial charge in [-0.05, 0) is 47.5 Å². The monoisotopic (exact) mass is 597 g/mol. The topological polar surface area (TPSA) is 133 Å². The summed E-state index contributed by atoms with van der Waals surface area (Å²) in [5.74, 6) is 0.480. The zero-order valence-corrected chi connectivity index (χ0v) is 22.9. The number of hydrazine groups is 1. The number of nitrogens with one attached hydrogen (secondary N) is 2. The van der Waals surface area contributed by atoms with Crippen LogP contribution >= 0.6 is 15.9 Å². The number of hydrogen-bond acceptors (Lipinski definition) is 8. The van der Waals surface area contributed by atoms with E-state index in [2.05, 4.69) is 26.8 Å². The van der Waals surface area contributed by atoms with Gasteiger partial charge in [0.25, 0.3) is 5.91 Å². The van der Waals surface area contributed by atoms with Crippen LogP contribution in [0.1, 0.15) is 29.2 Å². The summed E-state index contributed by atoms with van der Waals surface area (Å²) < 4.78 is 13.0. The van der Waals surface area contributed by atoms with E-state index in [1.54, 1.807) is 12.1 Å². The summed E-state index contributed by atoms with van der Waals surface area (Å²) >= 11 is 3.47. The molecule has 0 saturated carbocycles. The number of ether oxygens (including phenoxy) is 2. The molecule has 1 amide bonds. The molecule has 0 bridgehead atoms. The van der Waals surface area contributed by atoms with Gasteiger partial charge in [-0.1, -0.05) is 58.4 Å². The van der Waals surface area contributed by atoms with Crippen LogP contribution in [-0.2, 0) is 16.0 Å². The lowest BCUT2D eigenvalue weighted by molar-refractivity contribution is -0.130. The third kappa shape index (κ3) is 7.03. The Morgan fingerprint density at radius 3 is 2.33 bits per heavy atom. The number of aliphatic imine (C=N–C) groups is 1. The zero-order valence-electron chi connectivity index (χ0n) is 21.3. The van der Waals surface area contributed by atoms with Crippen LogP contribution < -0.4 is 15.6 Å². The third-order valence-corrected chi connectivity index (χ3v) is 6.88.